The molecule has 3 aromatic rings. The van der Waals surface area contributed by atoms with Crippen molar-refractivity contribution in [1.82, 2.24) is 10.6 Å². The summed E-state index contributed by atoms with van der Waals surface area (Å²) in [4.78, 5) is 25.9. The molecule has 0 aliphatic heterocycles. The number of amides is 2. The lowest BCUT2D eigenvalue weighted by molar-refractivity contribution is 0.0883. The fourth-order valence-electron chi connectivity index (χ4n) is 3.05. The van der Waals surface area contributed by atoms with Crippen molar-refractivity contribution in [3.8, 4) is 11.5 Å². The molecular formula is C25H24Br2N2O4. The van der Waals surface area contributed by atoms with E-state index >= 15 is 0 Å². The third kappa shape index (κ3) is 6.82. The maximum Gasteiger partial charge on any atom is 0.253 e. The number of carbonyl (C=O) groups is 2. The Kier molecular flexibility index (Phi) is 8.52. The quantitative estimate of drug-likeness (QED) is 0.330. The van der Waals surface area contributed by atoms with Crippen molar-refractivity contribution in [2.24, 2.45) is 0 Å². The summed E-state index contributed by atoms with van der Waals surface area (Å²) in [5.74, 6) is 0.422. The first-order valence-electron chi connectivity index (χ1n) is 10.2. The predicted molar refractivity (Wildman–Crippen MR) is 135 cm³/mol. The minimum atomic E-state index is -0.806. The average Bonchev–Trinajstić information content (AvgIpc) is 2.79. The molecule has 2 N–H and O–H groups in total. The summed E-state index contributed by atoms with van der Waals surface area (Å²) in [6, 6.07) is 19.2. The number of ether oxygens (including phenoxy) is 2. The third-order valence-electron chi connectivity index (χ3n) is 4.65. The number of methoxy groups -OCH3 is 1. The van der Waals surface area contributed by atoms with Crippen LogP contribution in [-0.2, 0) is 0 Å². The molecule has 0 aliphatic carbocycles. The second kappa shape index (κ2) is 11.3. The molecule has 0 fully saturated rings. The van der Waals surface area contributed by atoms with Gasteiger partial charge in [-0.3, -0.25) is 9.59 Å². The first kappa shape index (κ1) is 24.8. The molecule has 172 valence electrons. The number of benzene rings is 3. The van der Waals surface area contributed by atoms with Crippen molar-refractivity contribution in [1.29, 1.82) is 0 Å². The van der Waals surface area contributed by atoms with Gasteiger partial charge in [-0.05, 0) is 80.1 Å². The maximum atomic E-state index is 12.9. The molecule has 0 bridgehead atoms. The number of hydrogen-bond acceptors (Lipinski definition) is 4. The van der Waals surface area contributed by atoms with E-state index in [1.54, 1.807) is 73.8 Å². The second-order valence-electron chi connectivity index (χ2n) is 7.47. The lowest BCUT2D eigenvalue weighted by Crippen LogP contribution is -2.41. The van der Waals surface area contributed by atoms with Crippen LogP contribution in [0.3, 0.4) is 0 Å². The number of hydrogen-bond donors (Lipinski definition) is 2. The zero-order valence-corrected chi connectivity index (χ0v) is 21.6. The molecule has 0 unspecified atom stereocenters. The van der Waals surface area contributed by atoms with Gasteiger partial charge in [0.25, 0.3) is 11.8 Å². The largest absolute Gasteiger partial charge is 0.493 e. The van der Waals surface area contributed by atoms with E-state index in [0.717, 1.165) is 8.95 Å². The van der Waals surface area contributed by atoms with Crippen LogP contribution in [0.5, 0.6) is 11.5 Å². The molecule has 3 rings (SSSR count). The predicted octanol–water partition coefficient (Wildman–Crippen LogP) is 5.87. The van der Waals surface area contributed by atoms with Crippen LogP contribution in [-0.4, -0.2) is 25.0 Å². The Hall–Kier alpha value is -2.84. The first-order valence-corrected chi connectivity index (χ1v) is 11.8. The topological polar surface area (TPSA) is 76.7 Å². The number of carbonyl (C=O) groups excluding carboxylic acids is 2. The van der Waals surface area contributed by atoms with Gasteiger partial charge in [0.2, 0.25) is 0 Å². The zero-order chi connectivity index (χ0) is 24.0. The molecule has 0 atom stereocenters. The van der Waals surface area contributed by atoms with E-state index in [0.29, 0.717) is 28.2 Å². The number of rotatable bonds is 8. The molecule has 0 aliphatic rings. The van der Waals surface area contributed by atoms with Gasteiger partial charge in [-0.25, -0.2) is 0 Å². The van der Waals surface area contributed by atoms with E-state index in [-0.39, 0.29) is 17.9 Å². The minimum Gasteiger partial charge on any atom is -0.493 e. The minimum absolute atomic E-state index is 0.0326. The zero-order valence-electron chi connectivity index (χ0n) is 18.4. The highest BCUT2D eigenvalue weighted by Crippen LogP contribution is 2.31. The summed E-state index contributed by atoms with van der Waals surface area (Å²) in [7, 11) is 1.54. The highest BCUT2D eigenvalue weighted by atomic mass is 79.9. The average molecular weight is 576 g/mol. The van der Waals surface area contributed by atoms with Crippen molar-refractivity contribution in [2.45, 2.75) is 26.1 Å². The van der Waals surface area contributed by atoms with E-state index in [1.807, 2.05) is 13.8 Å². The van der Waals surface area contributed by atoms with Crippen molar-refractivity contribution in [2.75, 3.05) is 7.11 Å². The molecule has 0 heterocycles. The Balaban J connectivity index is 1.91. The molecule has 0 aromatic heterocycles. The fraction of sp³-hybridized carbons (Fsp3) is 0.200. The molecule has 0 spiro atoms. The van der Waals surface area contributed by atoms with Crippen LogP contribution in [0.4, 0.5) is 0 Å². The fourth-order valence-corrected chi connectivity index (χ4v) is 3.58. The first-order chi connectivity index (χ1) is 15.8. The van der Waals surface area contributed by atoms with Crippen molar-refractivity contribution < 1.29 is 19.1 Å². The van der Waals surface area contributed by atoms with Crippen LogP contribution in [0.25, 0.3) is 0 Å². The van der Waals surface area contributed by atoms with Crippen LogP contribution in [0.1, 0.15) is 46.3 Å². The molecule has 33 heavy (non-hydrogen) atoms. The van der Waals surface area contributed by atoms with E-state index in [1.165, 1.54) is 0 Å². The highest BCUT2D eigenvalue weighted by molar-refractivity contribution is 9.10. The van der Waals surface area contributed by atoms with Crippen LogP contribution in [0.2, 0.25) is 0 Å². The molecule has 0 saturated carbocycles. The van der Waals surface area contributed by atoms with Gasteiger partial charge in [0.05, 0.1) is 13.2 Å². The molecule has 0 radical (unpaired) electrons. The van der Waals surface area contributed by atoms with Gasteiger partial charge in [-0.1, -0.05) is 37.9 Å². The highest BCUT2D eigenvalue weighted by Gasteiger charge is 2.21. The Bertz CT molecular complexity index is 1060. The SMILES string of the molecule is COc1cc(C(NC(=O)c2ccc(Br)cc2)NC(=O)c2ccc(Br)cc2)ccc1OC(C)C. The molecular weight excluding hydrogens is 552 g/mol. The van der Waals surface area contributed by atoms with Gasteiger partial charge in [0, 0.05) is 20.1 Å². The van der Waals surface area contributed by atoms with Gasteiger partial charge >= 0.3 is 0 Å². The van der Waals surface area contributed by atoms with Crippen LogP contribution >= 0.6 is 31.9 Å². The second-order valence-corrected chi connectivity index (χ2v) is 9.30. The lowest BCUT2D eigenvalue weighted by atomic mass is 10.1. The lowest BCUT2D eigenvalue weighted by Gasteiger charge is -2.22. The van der Waals surface area contributed by atoms with E-state index in [4.69, 9.17) is 9.47 Å². The summed E-state index contributed by atoms with van der Waals surface area (Å²) in [6.07, 6.45) is -0.839. The van der Waals surface area contributed by atoms with Crippen molar-refractivity contribution >= 4 is 43.7 Å². The smallest absolute Gasteiger partial charge is 0.253 e. The monoisotopic (exact) mass is 574 g/mol. The standard InChI is InChI=1S/C25H24Br2N2O4/c1-15(2)33-21-13-8-18(14-22(21)32-3)23(28-24(30)16-4-9-19(26)10-5-16)29-25(31)17-6-11-20(27)12-7-17/h4-15,23H,1-3H3,(H,28,30)(H,29,31). The summed E-state index contributed by atoms with van der Waals surface area (Å²) in [5, 5.41) is 5.80. The third-order valence-corrected chi connectivity index (χ3v) is 5.70. The van der Waals surface area contributed by atoms with Crippen LogP contribution in [0, 0.1) is 0 Å². The maximum absolute atomic E-state index is 12.9. The molecule has 0 saturated heterocycles. The Labute approximate surface area is 209 Å². The molecule has 8 heteroatoms. The Morgan fingerprint density at radius 1 is 0.758 bits per heavy atom. The van der Waals surface area contributed by atoms with Crippen LogP contribution in [0.15, 0.2) is 75.7 Å². The van der Waals surface area contributed by atoms with Gasteiger partial charge < -0.3 is 20.1 Å². The Morgan fingerprint density at radius 3 is 1.67 bits per heavy atom. The van der Waals surface area contributed by atoms with Gasteiger partial charge in [-0.15, -0.1) is 0 Å². The van der Waals surface area contributed by atoms with Gasteiger partial charge in [0.1, 0.15) is 6.17 Å². The van der Waals surface area contributed by atoms with E-state index in [2.05, 4.69) is 42.5 Å². The van der Waals surface area contributed by atoms with E-state index in [9.17, 15) is 9.59 Å². The van der Waals surface area contributed by atoms with Crippen molar-refractivity contribution in [3.05, 3.63) is 92.4 Å². The molecule has 2 amide bonds. The summed E-state index contributed by atoms with van der Waals surface area (Å²) < 4.78 is 13.0. The number of nitrogens with one attached hydrogen (secondary N) is 2. The summed E-state index contributed by atoms with van der Waals surface area (Å²) in [5.41, 5.74) is 1.57. The van der Waals surface area contributed by atoms with Crippen LogP contribution < -0.4 is 20.1 Å². The van der Waals surface area contributed by atoms with E-state index < -0.39 is 6.17 Å². The number of halogens is 2. The normalized spacial score (nSPS) is 10.8. The summed E-state index contributed by atoms with van der Waals surface area (Å²) in [6.45, 7) is 3.85. The molecule has 3 aromatic carbocycles. The van der Waals surface area contributed by atoms with Gasteiger partial charge in [0.15, 0.2) is 11.5 Å². The molecule has 6 nitrogen and oxygen atoms in total. The summed E-state index contributed by atoms with van der Waals surface area (Å²) >= 11 is 6.73. The Morgan fingerprint density at radius 2 is 1.24 bits per heavy atom. The van der Waals surface area contributed by atoms with Crippen molar-refractivity contribution in [3.63, 3.8) is 0 Å². The van der Waals surface area contributed by atoms with Gasteiger partial charge in [-0.2, -0.15) is 0 Å².